The Labute approximate surface area is 148 Å². The number of fused-ring (bicyclic) bond motifs is 1. The second-order valence-corrected chi connectivity index (χ2v) is 14.6. The van der Waals surface area contributed by atoms with Gasteiger partial charge in [0.15, 0.2) is 8.32 Å². The number of rotatable bonds is 3. The largest absolute Gasteiger partial charge is 0.457 e. The van der Waals surface area contributed by atoms with E-state index >= 15 is 0 Å². The van der Waals surface area contributed by atoms with Crippen molar-refractivity contribution in [2.45, 2.75) is 103 Å². The van der Waals surface area contributed by atoms with E-state index in [1.807, 2.05) is 20.8 Å². The molecule has 1 saturated heterocycles. The molecular formula is C19H34O4Si. The molecule has 2 rings (SSSR count). The number of ether oxygens (including phenoxy) is 2. The highest BCUT2D eigenvalue weighted by molar-refractivity contribution is 6.74. The third-order valence-electron chi connectivity index (χ3n) is 5.47. The Morgan fingerprint density at radius 1 is 1.25 bits per heavy atom. The number of hydrogen-bond acceptors (Lipinski definition) is 4. The van der Waals surface area contributed by atoms with Crippen molar-refractivity contribution in [1.82, 2.24) is 0 Å². The summed E-state index contributed by atoms with van der Waals surface area (Å²) in [5, 5.41) is 0.174. The lowest BCUT2D eigenvalue weighted by Gasteiger charge is -2.40. The normalized spacial score (nSPS) is 32.5. The molecule has 0 bridgehead atoms. The Morgan fingerprint density at radius 2 is 1.83 bits per heavy atom. The highest BCUT2D eigenvalue weighted by Gasteiger charge is 2.59. The van der Waals surface area contributed by atoms with Crippen LogP contribution in [0.25, 0.3) is 0 Å². The molecule has 1 saturated carbocycles. The molecule has 0 spiro atoms. The summed E-state index contributed by atoms with van der Waals surface area (Å²) in [4.78, 5) is 12.2. The fourth-order valence-corrected chi connectivity index (χ4v) is 4.31. The molecule has 0 N–H and O–H groups in total. The molecule has 24 heavy (non-hydrogen) atoms. The summed E-state index contributed by atoms with van der Waals surface area (Å²) >= 11 is 0. The van der Waals surface area contributed by atoms with Crippen LogP contribution >= 0.6 is 0 Å². The molecule has 0 aromatic rings. The first kappa shape index (κ1) is 19.7. The lowest BCUT2D eigenvalue weighted by Crippen LogP contribution is -2.45. The van der Waals surface area contributed by atoms with E-state index in [4.69, 9.17) is 13.9 Å². The second kappa shape index (κ2) is 5.96. The molecule has 2 fully saturated rings. The van der Waals surface area contributed by atoms with Gasteiger partial charge >= 0.3 is 5.97 Å². The summed E-state index contributed by atoms with van der Waals surface area (Å²) in [5.74, 6) is -0.291. The van der Waals surface area contributed by atoms with E-state index in [0.717, 1.165) is 18.4 Å². The average Bonchev–Trinajstić information content (AvgIpc) is 2.96. The van der Waals surface area contributed by atoms with Crippen molar-refractivity contribution in [3.05, 3.63) is 11.6 Å². The Kier molecular flexibility index (Phi) is 4.88. The number of esters is 1. The first-order valence-corrected chi connectivity index (χ1v) is 11.8. The lowest BCUT2D eigenvalue weighted by atomic mass is 9.83. The zero-order chi connectivity index (χ0) is 18.6. The zero-order valence-electron chi connectivity index (χ0n) is 16.8. The van der Waals surface area contributed by atoms with Crippen LogP contribution in [0.5, 0.6) is 0 Å². The maximum Gasteiger partial charge on any atom is 0.331 e. The molecule has 2 aliphatic rings. The van der Waals surface area contributed by atoms with Gasteiger partial charge in [0, 0.05) is 12.5 Å². The molecule has 3 atom stereocenters. The lowest BCUT2D eigenvalue weighted by molar-refractivity contribution is -0.148. The van der Waals surface area contributed by atoms with Crippen LogP contribution < -0.4 is 0 Å². The van der Waals surface area contributed by atoms with Crippen LogP contribution in [-0.2, 0) is 18.7 Å². The predicted octanol–water partition coefficient (Wildman–Crippen LogP) is 4.60. The first-order chi connectivity index (χ1) is 10.6. The van der Waals surface area contributed by atoms with Crippen molar-refractivity contribution in [3.63, 3.8) is 0 Å². The molecule has 0 aromatic heterocycles. The van der Waals surface area contributed by atoms with Crippen molar-refractivity contribution in [2.75, 3.05) is 0 Å². The maximum absolute atomic E-state index is 12.2. The van der Waals surface area contributed by atoms with Crippen LogP contribution in [0.1, 0.15) is 61.3 Å². The topological polar surface area (TPSA) is 48.1 Å². The third-order valence-corrected chi connectivity index (χ3v) is 10.0. The van der Waals surface area contributed by atoms with Crippen LogP contribution in [-0.4, -0.2) is 37.7 Å². The predicted molar refractivity (Wildman–Crippen MR) is 98.5 cm³/mol. The van der Waals surface area contributed by atoms with E-state index in [1.165, 1.54) is 0 Å². The van der Waals surface area contributed by atoms with E-state index in [-0.39, 0.29) is 28.8 Å². The van der Waals surface area contributed by atoms with Gasteiger partial charge in [0.2, 0.25) is 0 Å². The fraction of sp³-hybridized carbons (Fsp3) is 0.842. The van der Waals surface area contributed by atoms with Crippen molar-refractivity contribution in [1.29, 1.82) is 0 Å². The van der Waals surface area contributed by atoms with Gasteiger partial charge in [-0.1, -0.05) is 20.8 Å². The molecule has 4 nitrogen and oxygen atoms in total. The molecule has 1 aliphatic carbocycles. The minimum absolute atomic E-state index is 0.125. The first-order valence-electron chi connectivity index (χ1n) is 8.94. The smallest absolute Gasteiger partial charge is 0.331 e. The maximum atomic E-state index is 12.2. The van der Waals surface area contributed by atoms with Gasteiger partial charge in [0.05, 0.1) is 12.2 Å². The van der Waals surface area contributed by atoms with Gasteiger partial charge in [-0.25, -0.2) is 4.79 Å². The molecule has 1 heterocycles. The number of carbonyl (C=O) groups is 1. The summed E-state index contributed by atoms with van der Waals surface area (Å²) in [5.41, 5.74) is 0.228. The number of epoxide rings is 1. The molecule has 5 heteroatoms. The molecule has 138 valence electrons. The van der Waals surface area contributed by atoms with Gasteiger partial charge in [-0.15, -0.1) is 0 Å². The minimum Gasteiger partial charge on any atom is -0.457 e. The minimum atomic E-state index is -1.83. The Morgan fingerprint density at radius 3 is 2.33 bits per heavy atom. The van der Waals surface area contributed by atoms with Gasteiger partial charge in [0.25, 0.3) is 0 Å². The van der Waals surface area contributed by atoms with E-state index in [2.05, 4.69) is 40.8 Å². The monoisotopic (exact) mass is 354 g/mol. The molecular weight excluding hydrogens is 320 g/mol. The van der Waals surface area contributed by atoms with Crippen LogP contribution in [0, 0.1) is 0 Å². The van der Waals surface area contributed by atoms with Crippen molar-refractivity contribution in [2.24, 2.45) is 0 Å². The van der Waals surface area contributed by atoms with Crippen LogP contribution in [0.3, 0.4) is 0 Å². The summed E-state index contributed by atoms with van der Waals surface area (Å²) < 4.78 is 17.9. The van der Waals surface area contributed by atoms with E-state index in [1.54, 1.807) is 6.08 Å². The third kappa shape index (κ3) is 4.30. The van der Waals surface area contributed by atoms with Crippen LogP contribution in [0.4, 0.5) is 0 Å². The van der Waals surface area contributed by atoms with Gasteiger partial charge in [0.1, 0.15) is 11.2 Å². The number of hydrogen-bond donors (Lipinski definition) is 0. The summed E-state index contributed by atoms with van der Waals surface area (Å²) in [6.45, 7) is 19.0. The van der Waals surface area contributed by atoms with Gasteiger partial charge in [-0.2, -0.15) is 0 Å². The quantitative estimate of drug-likeness (QED) is 0.322. The van der Waals surface area contributed by atoms with Crippen LogP contribution in [0.15, 0.2) is 11.6 Å². The van der Waals surface area contributed by atoms with E-state index in [0.29, 0.717) is 0 Å². The summed E-state index contributed by atoms with van der Waals surface area (Å²) in [6, 6.07) is 0. The fourth-order valence-electron chi connectivity index (χ4n) is 2.95. The van der Waals surface area contributed by atoms with E-state index < -0.39 is 13.9 Å². The Balaban J connectivity index is 2.11. The Hall–Kier alpha value is -0.653. The molecule has 0 radical (unpaired) electrons. The Bertz CT molecular complexity index is 539. The zero-order valence-corrected chi connectivity index (χ0v) is 17.8. The summed E-state index contributed by atoms with van der Waals surface area (Å²) in [7, 11) is -1.83. The van der Waals surface area contributed by atoms with Crippen LogP contribution in [0.2, 0.25) is 18.1 Å². The average molecular weight is 355 g/mol. The number of carbonyl (C=O) groups excluding carboxylic acids is 1. The SMILES string of the molecule is CC(C)(C)OC(=O)/C=C1/C[C@@H](O[Si](C)(C)C(C)(C)C)C[C@@H]2O[C@]12C. The van der Waals surface area contributed by atoms with Crippen molar-refractivity contribution < 1.29 is 18.7 Å². The van der Waals surface area contributed by atoms with Gasteiger partial charge in [-0.05, 0) is 57.8 Å². The molecule has 0 unspecified atom stereocenters. The standard InChI is InChI=1S/C19H34O4Si/c1-17(2,3)22-16(20)11-13-10-14(12-15-19(13,7)21-15)23-24(8,9)18(4,5)6/h11,14-15H,10,12H2,1-9H3/b13-11-/t14-,15+,19-/m1/s1. The van der Waals surface area contributed by atoms with Gasteiger partial charge < -0.3 is 13.9 Å². The van der Waals surface area contributed by atoms with Crippen molar-refractivity contribution >= 4 is 14.3 Å². The van der Waals surface area contributed by atoms with Gasteiger partial charge in [-0.3, -0.25) is 0 Å². The summed E-state index contributed by atoms with van der Waals surface area (Å²) in [6.07, 6.45) is 3.58. The molecule has 1 aliphatic heterocycles. The highest BCUT2D eigenvalue weighted by atomic mass is 28.4. The molecule has 0 amide bonds. The second-order valence-electron chi connectivity index (χ2n) is 9.86. The van der Waals surface area contributed by atoms with Crippen molar-refractivity contribution in [3.8, 4) is 0 Å². The highest BCUT2D eigenvalue weighted by Crippen LogP contribution is 2.52. The molecule has 0 aromatic carbocycles. The van der Waals surface area contributed by atoms with E-state index in [9.17, 15) is 4.79 Å².